The van der Waals surface area contributed by atoms with Crippen LogP contribution in [0.3, 0.4) is 0 Å². The van der Waals surface area contributed by atoms with Crippen molar-refractivity contribution >= 4 is 46.2 Å². The van der Waals surface area contributed by atoms with E-state index < -0.39 is 10.3 Å². The van der Waals surface area contributed by atoms with Gasteiger partial charge >= 0.3 is 0 Å². The van der Waals surface area contributed by atoms with Crippen LogP contribution >= 0.6 is 23.1 Å². The predicted molar refractivity (Wildman–Crippen MR) is 143 cm³/mol. The minimum Gasteiger partial charge on any atom is -0.376 e. The van der Waals surface area contributed by atoms with Crippen molar-refractivity contribution < 1.29 is 14.5 Å². The number of ether oxygens (including phenoxy) is 1. The van der Waals surface area contributed by atoms with E-state index >= 15 is 0 Å². The Bertz CT molecular complexity index is 1590. The Morgan fingerprint density at radius 3 is 2.71 bits per heavy atom. The maximum Gasteiger partial charge on any atom is 0.283 e. The van der Waals surface area contributed by atoms with Gasteiger partial charge < -0.3 is 4.74 Å². The lowest BCUT2D eigenvalue weighted by Gasteiger charge is -2.16. The van der Waals surface area contributed by atoms with Crippen LogP contribution < -0.4 is 14.8 Å². The summed E-state index contributed by atoms with van der Waals surface area (Å²) in [6.07, 6.45) is 6.09. The average Bonchev–Trinajstić information content (AvgIpc) is 3.50. The Morgan fingerprint density at radius 1 is 1.37 bits per heavy atom. The fourth-order valence-electron chi connectivity index (χ4n) is 3.87. The van der Waals surface area contributed by atoms with Gasteiger partial charge in [0, 0.05) is 30.5 Å². The lowest BCUT2D eigenvalue weighted by Crippen LogP contribution is -2.37. The summed E-state index contributed by atoms with van der Waals surface area (Å²) in [4.78, 5) is 46.4. The molecule has 1 atom stereocenters. The van der Waals surface area contributed by atoms with Crippen LogP contribution in [0.25, 0.3) is 11.6 Å². The third-order valence-corrected chi connectivity index (χ3v) is 7.86. The summed E-state index contributed by atoms with van der Waals surface area (Å²) >= 11 is 2.09. The predicted octanol–water partition coefficient (Wildman–Crippen LogP) is 3.06. The first-order chi connectivity index (χ1) is 18.1. The van der Waals surface area contributed by atoms with Gasteiger partial charge in [-0.1, -0.05) is 26.8 Å². The molecule has 4 rings (SSSR count). The first kappa shape index (κ1) is 27.4. The Kier molecular flexibility index (Phi) is 8.20. The zero-order chi connectivity index (χ0) is 27.4. The van der Waals surface area contributed by atoms with Crippen LogP contribution in [-0.4, -0.2) is 38.0 Å². The molecule has 1 aliphatic rings. The third-order valence-electron chi connectivity index (χ3n) is 5.77. The first-order valence-corrected chi connectivity index (χ1v) is 13.5. The van der Waals surface area contributed by atoms with Crippen molar-refractivity contribution in [2.24, 2.45) is 5.41 Å². The molecular formula is C26H25N5O5S2. The number of aromatic nitrogens is 3. The molecule has 38 heavy (non-hydrogen) atoms. The molecule has 0 amide bonds. The topological polar surface area (TPSA) is 141 Å². The molecule has 0 saturated carbocycles. The number of nitriles is 1. The van der Waals surface area contributed by atoms with Gasteiger partial charge in [-0.3, -0.25) is 24.3 Å². The van der Waals surface area contributed by atoms with Gasteiger partial charge in [0.1, 0.15) is 16.3 Å². The number of carbonyl (C=O) groups excluding carboxylic acids is 1. The maximum absolute atomic E-state index is 13.5. The van der Waals surface area contributed by atoms with Gasteiger partial charge in [-0.15, -0.1) is 11.3 Å². The van der Waals surface area contributed by atoms with Crippen LogP contribution in [0.5, 0.6) is 0 Å². The van der Waals surface area contributed by atoms with Crippen molar-refractivity contribution in [3.05, 3.63) is 71.9 Å². The minimum atomic E-state index is -0.819. The van der Waals surface area contributed by atoms with Crippen LogP contribution in [0.1, 0.15) is 39.2 Å². The van der Waals surface area contributed by atoms with Gasteiger partial charge in [-0.25, -0.2) is 9.97 Å². The van der Waals surface area contributed by atoms with E-state index in [1.54, 1.807) is 57.4 Å². The Morgan fingerprint density at radius 2 is 2.11 bits per heavy atom. The lowest BCUT2D eigenvalue weighted by atomic mass is 9.87. The number of hydrogen-bond donors (Lipinski definition) is 0. The molecule has 0 unspecified atom stereocenters. The van der Waals surface area contributed by atoms with E-state index in [1.807, 2.05) is 6.07 Å². The Hall–Kier alpha value is -3.66. The lowest BCUT2D eigenvalue weighted by molar-refractivity contribution is -0.387. The standard InChI is InChI=1S/C26H25N5O5S2/c1-26(2,3)22(32)18(14-27)24-30(15-17-6-4-11-36-17)23(33)21(37-24)13-16-7-8-20(19(12-16)31(34)35)38-25-28-9-5-10-29-25/h5,7-10,12-13,17H,4,6,11,15H2,1-3H3/b21-13+,24-18+/t17-/m0/s1. The molecule has 3 aromatic rings. The highest BCUT2D eigenvalue weighted by Gasteiger charge is 2.28. The second kappa shape index (κ2) is 11.4. The van der Waals surface area contributed by atoms with Gasteiger partial charge in [-0.05, 0) is 48.4 Å². The summed E-state index contributed by atoms with van der Waals surface area (Å²) in [6, 6.07) is 8.29. The van der Waals surface area contributed by atoms with Crippen LogP contribution in [-0.2, 0) is 16.1 Å². The van der Waals surface area contributed by atoms with E-state index in [0.29, 0.717) is 22.2 Å². The van der Waals surface area contributed by atoms with E-state index in [4.69, 9.17) is 4.74 Å². The molecule has 10 nitrogen and oxygen atoms in total. The molecule has 0 bridgehead atoms. The zero-order valence-electron chi connectivity index (χ0n) is 21.0. The smallest absolute Gasteiger partial charge is 0.283 e. The number of ketones is 1. The van der Waals surface area contributed by atoms with Gasteiger partial charge in [0.25, 0.3) is 11.2 Å². The van der Waals surface area contributed by atoms with E-state index in [9.17, 15) is 25.0 Å². The average molecular weight is 552 g/mol. The molecule has 1 saturated heterocycles. The number of Topliss-reactive ketones (excluding diaryl/α,β-unsaturated/α-hetero) is 1. The van der Waals surface area contributed by atoms with Crippen molar-refractivity contribution in [3.63, 3.8) is 0 Å². The van der Waals surface area contributed by atoms with Gasteiger partial charge in [0.15, 0.2) is 10.9 Å². The van der Waals surface area contributed by atoms with Crippen molar-refractivity contribution in [2.75, 3.05) is 6.61 Å². The van der Waals surface area contributed by atoms with E-state index in [-0.39, 0.29) is 44.4 Å². The number of carbonyl (C=O) groups is 1. The van der Waals surface area contributed by atoms with Crippen LogP contribution in [0.2, 0.25) is 0 Å². The van der Waals surface area contributed by atoms with Crippen LogP contribution in [0.15, 0.2) is 51.5 Å². The third kappa shape index (κ3) is 6.07. The number of benzene rings is 1. The van der Waals surface area contributed by atoms with Gasteiger partial charge in [0.2, 0.25) is 0 Å². The fourth-order valence-corrected chi connectivity index (χ4v) is 5.78. The van der Waals surface area contributed by atoms with E-state index in [0.717, 1.165) is 35.9 Å². The molecule has 3 heterocycles. The molecule has 1 aliphatic heterocycles. The summed E-state index contributed by atoms with van der Waals surface area (Å²) in [7, 11) is 0. The molecule has 0 aliphatic carbocycles. The second-order valence-corrected chi connectivity index (χ2v) is 11.7. The second-order valence-electron chi connectivity index (χ2n) is 9.65. The van der Waals surface area contributed by atoms with Crippen molar-refractivity contribution in [1.29, 1.82) is 5.26 Å². The molecular weight excluding hydrogens is 526 g/mol. The van der Waals surface area contributed by atoms with Gasteiger partial charge in [-0.2, -0.15) is 5.26 Å². The summed E-state index contributed by atoms with van der Waals surface area (Å²) in [5.41, 5.74) is -1.00. The fraction of sp³-hybridized carbons (Fsp3) is 0.346. The first-order valence-electron chi connectivity index (χ1n) is 11.8. The summed E-state index contributed by atoms with van der Waals surface area (Å²) in [6.45, 7) is 5.96. The number of rotatable bonds is 7. The zero-order valence-corrected chi connectivity index (χ0v) is 22.7. The highest BCUT2D eigenvalue weighted by Crippen LogP contribution is 2.33. The van der Waals surface area contributed by atoms with Crippen LogP contribution in [0, 0.1) is 26.9 Å². The number of nitrogens with zero attached hydrogens (tertiary/aromatic N) is 5. The molecule has 1 aromatic carbocycles. The molecule has 0 radical (unpaired) electrons. The molecule has 1 fully saturated rings. The van der Waals surface area contributed by atoms with E-state index in [1.165, 1.54) is 10.6 Å². The number of nitro benzene ring substituents is 1. The summed E-state index contributed by atoms with van der Waals surface area (Å²) < 4.78 is 7.66. The Labute approximate surface area is 226 Å². The highest BCUT2D eigenvalue weighted by molar-refractivity contribution is 7.99. The minimum absolute atomic E-state index is 0.0853. The number of thiazole rings is 1. The summed E-state index contributed by atoms with van der Waals surface area (Å²) in [5, 5.41) is 22.1. The van der Waals surface area contributed by atoms with Crippen molar-refractivity contribution in [3.8, 4) is 6.07 Å². The quantitative estimate of drug-likeness (QED) is 0.246. The normalized spacial score (nSPS) is 16.8. The van der Waals surface area contributed by atoms with Crippen molar-refractivity contribution in [1.82, 2.24) is 14.5 Å². The Balaban J connectivity index is 1.86. The molecule has 0 spiro atoms. The SMILES string of the molecule is CC(C)(C)C(=O)/C(C#N)=c1/s/c(=C/c2ccc(Sc3ncccn3)c([N+](=O)[O-])c2)c(=O)n1C[C@@H]1CCCO1. The molecule has 2 aromatic heterocycles. The monoisotopic (exact) mass is 551 g/mol. The molecule has 12 heteroatoms. The van der Waals surface area contributed by atoms with Crippen LogP contribution in [0.4, 0.5) is 5.69 Å². The summed E-state index contributed by atoms with van der Waals surface area (Å²) in [5.74, 6) is -0.367. The number of hydrogen-bond acceptors (Lipinski definition) is 10. The van der Waals surface area contributed by atoms with E-state index in [2.05, 4.69) is 9.97 Å². The van der Waals surface area contributed by atoms with Crippen molar-refractivity contribution in [2.45, 2.75) is 56.3 Å². The largest absolute Gasteiger partial charge is 0.376 e. The van der Waals surface area contributed by atoms with Gasteiger partial charge in [0.05, 0.1) is 27.0 Å². The molecule has 196 valence electrons. The highest BCUT2D eigenvalue weighted by atomic mass is 32.2. The maximum atomic E-state index is 13.5. The molecule has 0 N–H and O–H groups in total. The number of nitro groups is 1.